The van der Waals surface area contributed by atoms with Crippen molar-refractivity contribution in [1.82, 2.24) is 9.78 Å². The molecule has 38 heavy (non-hydrogen) atoms. The first-order valence-electron chi connectivity index (χ1n) is 10.8. The van der Waals surface area contributed by atoms with E-state index >= 15 is 0 Å². The fraction of sp³-hybridized carbons (Fsp3) is 0.174. The van der Waals surface area contributed by atoms with Crippen molar-refractivity contribution in [3.05, 3.63) is 92.0 Å². The van der Waals surface area contributed by atoms with E-state index in [0.717, 1.165) is 22.4 Å². The second kappa shape index (κ2) is 10.6. The van der Waals surface area contributed by atoms with Gasteiger partial charge < -0.3 is 0 Å². The molecular weight excluding hydrogens is 579 g/mol. The molecule has 1 aromatic heterocycles. The SMILES string of the molecule is Cc1ccc(S(=O)(=O)OC2C=CC(N=Nc3c(C)[nH]n(-c4cc(Cl)c(S(=O)(=O)O)cc4Cl)c3=O)=CC2)cc1. The summed E-state index contributed by atoms with van der Waals surface area (Å²) < 4.78 is 63.4. The Labute approximate surface area is 227 Å². The van der Waals surface area contributed by atoms with Crippen LogP contribution in [0.1, 0.15) is 17.7 Å². The van der Waals surface area contributed by atoms with Crippen LogP contribution >= 0.6 is 23.2 Å². The number of aromatic nitrogens is 2. The molecule has 0 amide bonds. The van der Waals surface area contributed by atoms with Gasteiger partial charge in [-0.3, -0.25) is 18.6 Å². The van der Waals surface area contributed by atoms with E-state index in [1.54, 1.807) is 25.1 Å². The van der Waals surface area contributed by atoms with Crippen LogP contribution in [-0.4, -0.2) is 37.3 Å². The Hall–Kier alpha value is -3.07. The van der Waals surface area contributed by atoms with E-state index in [0.29, 0.717) is 11.4 Å². The summed E-state index contributed by atoms with van der Waals surface area (Å²) in [6.07, 6.45) is 4.14. The highest BCUT2D eigenvalue weighted by Gasteiger charge is 2.23. The summed E-state index contributed by atoms with van der Waals surface area (Å²) in [4.78, 5) is 12.4. The van der Waals surface area contributed by atoms with Gasteiger partial charge in [0.15, 0.2) is 5.69 Å². The maximum Gasteiger partial charge on any atom is 0.299 e. The van der Waals surface area contributed by atoms with E-state index in [1.165, 1.54) is 24.3 Å². The molecule has 0 saturated heterocycles. The van der Waals surface area contributed by atoms with E-state index in [9.17, 15) is 26.2 Å². The van der Waals surface area contributed by atoms with Crippen molar-refractivity contribution in [2.24, 2.45) is 10.2 Å². The highest BCUT2D eigenvalue weighted by Crippen LogP contribution is 2.31. The Kier molecular flexibility index (Phi) is 7.79. The maximum absolute atomic E-state index is 13.0. The van der Waals surface area contributed by atoms with Crippen molar-refractivity contribution in [2.45, 2.75) is 36.2 Å². The number of H-pyrrole nitrogens is 1. The van der Waals surface area contributed by atoms with Crippen LogP contribution in [0.25, 0.3) is 5.69 Å². The second-order valence-corrected chi connectivity index (χ2v) is 12.0. The smallest absolute Gasteiger partial charge is 0.293 e. The van der Waals surface area contributed by atoms with Crippen LogP contribution in [0.15, 0.2) is 85.1 Å². The van der Waals surface area contributed by atoms with E-state index in [1.807, 2.05) is 6.92 Å². The third-order valence-electron chi connectivity index (χ3n) is 5.43. The molecule has 0 fully saturated rings. The minimum Gasteiger partial charge on any atom is -0.293 e. The van der Waals surface area contributed by atoms with Crippen LogP contribution < -0.4 is 5.56 Å². The van der Waals surface area contributed by atoms with Crippen molar-refractivity contribution in [2.75, 3.05) is 0 Å². The third-order valence-corrected chi connectivity index (χ3v) is 8.40. The number of rotatable bonds is 7. The predicted octanol–water partition coefficient (Wildman–Crippen LogP) is 5.04. The van der Waals surface area contributed by atoms with Crippen molar-refractivity contribution in [1.29, 1.82) is 0 Å². The average molecular weight is 599 g/mol. The van der Waals surface area contributed by atoms with Gasteiger partial charge in [-0.05, 0) is 50.6 Å². The van der Waals surface area contributed by atoms with Gasteiger partial charge in [-0.1, -0.05) is 53.1 Å². The number of nitrogens with zero attached hydrogens (tertiary/aromatic N) is 3. The number of hydrogen-bond donors (Lipinski definition) is 2. The fourth-order valence-electron chi connectivity index (χ4n) is 3.48. The van der Waals surface area contributed by atoms with Crippen LogP contribution in [0.4, 0.5) is 5.69 Å². The summed E-state index contributed by atoms with van der Waals surface area (Å²) in [7, 11) is -8.57. The Balaban J connectivity index is 1.51. The topological polar surface area (TPSA) is 160 Å². The highest BCUT2D eigenvalue weighted by atomic mass is 35.5. The van der Waals surface area contributed by atoms with Gasteiger partial charge in [0.2, 0.25) is 0 Å². The second-order valence-electron chi connectivity index (χ2n) is 8.26. The Morgan fingerprint density at radius 3 is 2.34 bits per heavy atom. The zero-order valence-electron chi connectivity index (χ0n) is 19.8. The minimum absolute atomic E-state index is 0.0326. The fourth-order valence-corrected chi connectivity index (χ4v) is 5.86. The zero-order chi connectivity index (χ0) is 27.8. The van der Waals surface area contributed by atoms with Crippen LogP contribution in [0.5, 0.6) is 0 Å². The monoisotopic (exact) mass is 598 g/mol. The first kappa shape index (κ1) is 28.0. The van der Waals surface area contributed by atoms with E-state index in [2.05, 4.69) is 15.3 Å². The van der Waals surface area contributed by atoms with E-state index in [4.69, 9.17) is 27.4 Å². The molecule has 1 atom stereocenters. The van der Waals surface area contributed by atoms with Crippen LogP contribution in [0, 0.1) is 13.8 Å². The molecule has 1 unspecified atom stereocenters. The van der Waals surface area contributed by atoms with Crippen LogP contribution in [0.3, 0.4) is 0 Å². The van der Waals surface area contributed by atoms with Gasteiger partial charge >= 0.3 is 0 Å². The molecule has 1 aliphatic carbocycles. The Morgan fingerprint density at radius 2 is 1.74 bits per heavy atom. The lowest BCUT2D eigenvalue weighted by molar-refractivity contribution is 0.257. The van der Waals surface area contributed by atoms with Gasteiger partial charge in [-0.25, -0.2) is 4.68 Å². The molecule has 0 aliphatic heterocycles. The maximum atomic E-state index is 13.0. The Morgan fingerprint density at radius 1 is 1.05 bits per heavy atom. The highest BCUT2D eigenvalue weighted by molar-refractivity contribution is 7.86. The van der Waals surface area contributed by atoms with Crippen LogP contribution in [-0.2, 0) is 24.4 Å². The zero-order valence-corrected chi connectivity index (χ0v) is 22.9. The molecule has 0 spiro atoms. The van der Waals surface area contributed by atoms with Gasteiger partial charge in [-0.2, -0.15) is 21.9 Å². The third kappa shape index (κ3) is 5.98. The van der Waals surface area contributed by atoms with E-state index < -0.39 is 36.8 Å². The minimum atomic E-state index is -4.62. The molecular formula is C23H20Cl2N4O7S2. The molecule has 0 bridgehead atoms. The number of benzene rings is 2. The predicted molar refractivity (Wildman–Crippen MR) is 141 cm³/mol. The van der Waals surface area contributed by atoms with Crippen molar-refractivity contribution in [3.63, 3.8) is 0 Å². The molecule has 1 heterocycles. The van der Waals surface area contributed by atoms with E-state index in [-0.39, 0.29) is 32.7 Å². The lowest BCUT2D eigenvalue weighted by atomic mass is 10.1. The molecule has 1 aliphatic rings. The summed E-state index contributed by atoms with van der Waals surface area (Å²) in [5, 5.41) is 10.3. The summed E-state index contributed by atoms with van der Waals surface area (Å²) in [6, 6.07) is 8.35. The number of aryl methyl sites for hydroxylation is 2. The van der Waals surface area contributed by atoms with Crippen molar-refractivity contribution < 1.29 is 25.6 Å². The normalized spacial score (nSPS) is 16.2. The molecule has 15 heteroatoms. The van der Waals surface area contributed by atoms with Gasteiger partial charge in [0.05, 0.1) is 38.1 Å². The summed E-state index contributed by atoms with van der Waals surface area (Å²) in [5.41, 5.74) is 0.967. The Bertz CT molecular complexity index is 1770. The summed E-state index contributed by atoms with van der Waals surface area (Å²) >= 11 is 12.1. The first-order chi connectivity index (χ1) is 17.8. The molecule has 2 aromatic carbocycles. The first-order valence-corrected chi connectivity index (χ1v) is 14.5. The molecule has 3 aromatic rings. The largest absolute Gasteiger partial charge is 0.299 e. The molecule has 4 rings (SSSR count). The van der Waals surface area contributed by atoms with Gasteiger partial charge in [0.1, 0.15) is 4.90 Å². The van der Waals surface area contributed by atoms with Gasteiger partial charge in [0, 0.05) is 0 Å². The quantitative estimate of drug-likeness (QED) is 0.219. The number of hydrogen-bond acceptors (Lipinski definition) is 8. The average Bonchev–Trinajstić information content (AvgIpc) is 3.12. The number of allylic oxidation sites excluding steroid dienone is 1. The van der Waals surface area contributed by atoms with Crippen LogP contribution in [0.2, 0.25) is 10.0 Å². The number of azo groups is 1. The van der Waals surface area contributed by atoms with Crippen molar-refractivity contribution >= 4 is 49.1 Å². The molecule has 11 nitrogen and oxygen atoms in total. The van der Waals surface area contributed by atoms with Crippen molar-refractivity contribution in [3.8, 4) is 5.69 Å². The lowest BCUT2D eigenvalue weighted by Gasteiger charge is -2.15. The molecule has 2 N–H and O–H groups in total. The number of aromatic amines is 1. The molecule has 0 saturated carbocycles. The number of nitrogens with one attached hydrogen (secondary N) is 1. The number of halogens is 2. The standard InChI is InChI=1S/C23H20Cl2N4O7S2/c1-13-3-9-17(10-4-13)38(34,35)36-16-7-5-15(6-8-16)26-27-22-14(2)28-29(23(22)30)20-11-19(25)21(12-18(20)24)37(31,32)33/h3-7,9-12,16,28H,8H2,1-2H3,(H,31,32,33). The van der Waals surface area contributed by atoms with Gasteiger partial charge in [0.25, 0.3) is 25.8 Å². The molecule has 200 valence electrons. The van der Waals surface area contributed by atoms with Gasteiger partial charge in [-0.15, -0.1) is 5.11 Å². The summed E-state index contributed by atoms with van der Waals surface area (Å²) in [6.45, 7) is 3.42. The summed E-state index contributed by atoms with van der Waals surface area (Å²) in [5.74, 6) is 0. The lowest BCUT2D eigenvalue weighted by Crippen LogP contribution is -2.17. The molecule has 0 radical (unpaired) electrons.